The smallest absolute Gasteiger partial charge is 0.250 e. The molecular weight excluding hydrogens is 142 g/mol. The molecule has 0 aliphatic heterocycles. The van der Waals surface area contributed by atoms with E-state index in [1.807, 2.05) is 6.92 Å². The number of pyridine rings is 1. The van der Waals surface area contributed by atoms with E-state index in [0.717, 1.165) is 5.56 Å². The van der Waals surface area contributed by atoms with Crippen LogP contribution in [0.1, 0.15) is 5.56 Å². The molecule has 11 heavy (non-hydrogen) atoms. The largest absolute Gasteiger partial charge is 0.308 e. The van der Waals surface area contributed by atoms with E-state index in [1.54, 1.807) is 12.3 Å². The maximum absolute atomic E-state index is 11.0. The predicted octanol–water partition coefficient (Wildman–Crippen LogP) is 0.356. The van der Waals surface area contributed by atoms with Crippen molar-refractivity contribution in [3.63, 3.8) is 0 Å². The molecule has 1 heterocycles. The standard InChI is InChI=1S/C8H9NO2/c1-7-2-3-8(11)9(6-7)4-5-10/h2-3,5-6H,4H2,1H3. The molecule has 58 valence electrons. The van der Waals surface area contributed by atoms with Gasteiger partial charge in [-0.05, 0) is 12.5 Å². The zero-order valence-corrected chi connectivity index (χ0v) is 6.28. The number of rotatable bonds is 2. The van der Waals surface area contributed by atoms with Crippen molar-refractivity contribution in [3.8, 4) is 0 Å². The van der Waals surface area contributed by atoms with Gasteiger partial charge in [0.25, 0.3) is 5.56 Å². The molecule has 1 aromatic rings. The zero-order valence-electron chi connectivity index (χ0n) is 6.28. The van der Waals surface area contributed by atoms with Crippen LogP contribution in [0.5, 0.6) is 0 Å². The minimum atomic E-state index is -0.136. The summed E-state index contributed by atoms with van der Waals surface area (Å²) >= 11 is 0. The average Bonchev–Trinajstić information content (AvgIpc) is 1.98. The lowest BCUT2D eigenvalue weighted by molar-refractivity contribution is -0.108. The zero-order chi connectivity index (χ0) is 8.27. The van der Waals surface area contributed by atoms with E-state index >= 15 is 0 Å². The van der Waals surface area contributed by atoms with E-state index in [1.165, 1.54) is 10.6 Å². The highest BCUT2D eigenvalue weighted by molar-refractivity contribution is 5.49. The Morgan fingerprint density at radius 1 is 1.55 bits per heavy atom. The molecule has 1 rings (SSSR count). The van der Waals surface area contributed by atoms with Gasteiger partial charge in [-0.2, -0.15) is 0 Å². The summed E-state index contributed by atoms with van der Waals surface area (Å²) in [5, 5.41) is 0. The molecule has 1 aromatic heterocycles. The molecule has 0 amide bonds. The summed E-state index contributed by atoms with van der Waals surface area (Å²) in [5.41, 5.74) is 0.842. The Hall–Kier alpha value is -1.38. The third-order valence-electron chi connectivity index (χ3n) is 1.40. The Bertz CT molecular complexity index is 314. The molecule has 0 aliphatic rings. The summed E-state index contributed by atoms with van der Waals surface area (Å²) in [5.74, 6) is 0. The number of aromatic nitrogens is 1. The lowest BCUT2D eigenvalue weighted by Gasteiger charge is -1.99. The second-order valence-corrected chi connectivity index (χ2v) is 2.36. The van der Waals surface area contributed by atoms with E-state index in [-0.39, 0.29) is 12.1 Å². The molecule has 0 aromatic carbocycles. The number of carbonyl (C=O) groups is 1. The van der Waals surface area contributed by atoms with Crippen molar-refractivity contribution in [3.05, 3.63) is 34.2 Å². The number of nitrogens with zero attached hydrogens (tertiary/aromatic N) is 1. The molecule has 3 heteroatoms. The minimum Gasteiger partial charge on any atom is -0.308 e. The second kappa shape index (κ2) is 3.14. The van der Waals surface area contributed by atoms with Crippen molar-refractivity contribution in [2.45, 2.75) is 13.5 Å². The lowest BCUT2D eigenvalue weighted by atomic mass is 10.3. The first-order chi connectivity index (χ1) is 5.24. The number of hydrogen-bond donors (Lipinski definition) is 0. The van der Waals surface area contributed by atoms with Crippen molar-refractivity contribution in [2.24, 2.45) is 0 Å². The van der Waals surface area contributed by atoms with Gasteiger partial charge in [-0.1, -0.05) is 6.07 Å². The molecule has 0 N–H and O–H groups in total. The lowest BCUT2D eigenvalue weighted by Crippen LogP contribution is -2.18. The summed E-state index contributed by atoms with van der Waals surface area (Å²) in [6, 6.07) is 3.18. The van der Waals surface area contributed by atoms with Crippen LogP contribution in [0, 0.1) is 6.92 Å². The SMILES string of the molecule is Cc1ccc(=O)n(CC=O)c1. The summed E-state index contributed by atoms with van der Waals surface area (Å²) in [7, 11) is 0. The Balaban J connectivity index is 3.12. The van der Waals surface area contributed by atoms with Crippen LogP contribution in [-0.2, 0) is 11.3 Å². The highest BCUT2D eigenvalue weighted by Gasteiger charge is 1.92. The summed E-state index contributed by atoms with van der Waals surface area (Å²) in [6.07, 6.45) is 2.37. The van der Waals surface area contributed by atoms with Crippen LogP contribution in [0.25, 0.3) is 0 Å². The summed E-state index contributed by atoms with van der Waals surface area (Å²) in [4.78, 5) is 21.0. The van der Waals surface area contributed by atoms with Gasteiger partial charge in [0.15, 0.2) is 0 Å². The Labute approximate surface area is 64.3 Å². The molecule has 0 fully saturated rings. The molecule has 0 spiro atoms. The Morgan fingerprint density at radius 2 is 2.27 bits per heavy atom. The normalized spacial score (nSPS) is 9.55. The maximum atomic E-state index is 11.0. The Kier molecular flexibility index (Phi) is 2.21. The average molecular weight is 151 g/mol. The molecule has 0 bridgehead atoms. The van der Waals surface area contributed by atoms with Gasteiger partial charge in [-0.15, -0.1) is 0 Å². The maximum Gasteiger partial charge on any atom is 0.250 e. The van der Waals surface area contributed by atoms with Crippen LogP contribution in [0.15, 0.2) is 23.1 Å². The van der Waals surface area contributed by atoms with Gasteiger partial charge < -0.3 is 9.36 Å². The fourth-order valence-corrected chi connectivity index (χ4v) is 0.874. The molecular formula is C8H9NO2. The van der Waals surface area contributed by atoms with Gasteiger partial charge >= 0.3 is 0 Å². The highest BCUT2D eigenvalue weighted by atomic mass is 16.1. The van der Waals surface area contributed by atoms with Crippen LogP contribution >= 0.6 is 0 Å². The number of carbonyl (C=O) groups excluding carboxylic acids is 1. The van der Waals surface area contributed by atoms with Gasteiger partial charge in [0.2, 0.25) is 0 Å². The van der Waals surface area contributed by atoms with Crippen molar-refractivity contribution in [1.29, 1.82) is 0 Å². The molecule has 0 unspecified atom stereocenters. The van der Waals surface area contributed by atoms with Crippen molar-refractivity contribution in [2.75, 3.05) is 0 Å². The molecule has 0 saturated carbocycles. The minimum absolute atomic E-state index is 0.136. The third kappa shape index (κ3) is 1.77. The number of aldehydes is 1. The Morgan fingerprint density at radius 3 is 2.91 bits per heavy atom. The van der Waals surface area contributed by atoms with E-state index in [2.05, 4.69) is 0 Å². The van der Waals surface area contributed by atoms with Crippen LogP contribution in [0.3, 0.4) is 0 Å². The molecule has 0 saturated heterocycles. The van der Waals surface area contributed by atoms with Crippen LogP contribution < -0.4 is 5.56 Å². The van der Waals surface area contributed by atoms with E-state index in [4.69, 9.17) is 0 Å². The van der Waals surface area contributed by atoms with Crippen LogP contribution in [-0.4, -0.2) is 10.9 Å². The van der Waals surface area contributed by atoms with Gasteiger partial charge in [-0.3, -0.25) is 4.79 Å². The molecule has 3 nitrogen and oxygen atoms in total. The molecule has 0 aliphatic carbocycles. The first-order valence-corrected chi connectivity index (χ1v) is 3.35. The third-order valence-corrected chi connectivity index (χ3v) is 1.40. The van der Waals surface area contributed by atoms with Crippen molar-refractivity contribution >= 4 is 6.29 Å². The molecule has 0 atom stereocenters. The number of aryl methyl sites for hydroxylation is 1. The first kappa shape index (κ1) is 7.72. The highest BCUT2D eigenvalue weighted by Crippen LogP contribution is 1.90. The van der Waals surface area contributed by atoms with Gasteiger partial charge in [0, 0.05) is 12.3 Å². The van der Waals surface area contributed by atoms with E-state index < -0.39 is 0 Å². The van der Waals surface area contributed by atoms with Crippen molar-refractivity contribution < 1.29 is 4.79 Å². The van der Waals surface area contributed by atoms with Crippen LogP contribution in [0.2, 0.25) is 0 Å². The quantitative estimate of drug-likeness (QED) is 0.572. The van der Waals surface area contributed by atoms with Gasteiger partial charge in [0.1, 0.15) is 6.29 Å². The second-order valence-electron chi connectivity index (χ2n) is 2.36. The van der Waals surface area contributed by atoms with Crippen LogP contribution in [0.4, 0.5) is 0 Å². The monoisotopic (exact) mass is 151 g/mol. The predicted molar refractivity (Wildman–Crippen MR) is 41.5 cm³/mol. The van der Waals surface area contributed by atoms with Crippen molar-refractivity contribution in [1.82, 2.24) is 4.57 Å². The van der Waals surface area contributed by atoms with E-state index in [9.17, 15) is 9.59 Å². The van der Waals surface area contributed by atoms with Gasteiger partial charge in [-0.25, -0.2) is 0 Å². The topological polar surface area (TPSA) is 39.1 Å². The first-order valence-electron chi connectivity index (χ1n) is 3.35. The summed E-state index contributed by atoms with van der Waals surface area (Å²) < 4.78 is 1.38. The molecule has 0 radical (unpaired) electrons. The fraction of sp³-hybridized carbons (Fsp3) is 0.250. The number of hydrogen-bond acceptors (Lipinski definition) is 2. The fourth-order valence-electron chi connectivity index (χ4n) is 0.874. The van der Waals surface area contributed by atoms with E-state index in [0.29, 0.717) is 6.29 Å². The summed E-state index contributed by atoms with van der Waals surface area (Å²) in [6.45, 7) is 2.02. The van der Waals surface area contributed by atoms with Gasteiger partial charge in [0.05, 0.1) is 6.54 Å².